The standard InChI is InChI=1S/C14H21NO2S/c1-4-15-12(14(16)17)7-8-18-13-6-5-10(2)9-11(13)3/h5-6,9,12,15H,4,7-8H2,1-3H3,(H,16,17). The molecule has 1 unspecified atom stereocenters. The maximum atomic E-state index is 11.0. The second kappa shape index (κ2) is 7.44. The smallest absolute Gasteiger partial charge is 0.320 e. The van der Waals surface area contributed by atoms with Crippen molar-refractivity contribution in [2.24, 2.45) is 0 Å². The molecule has 0 fully saturated rings. The summed E-state index contributed by atoms with van der Waals surface area (Å²) < 4.78 is 0. The van der Waals surface area contributed by atoms with Crippen LogP contribution in [0.3, 0.4) is 0 Å². The molecule has 0 spiro atoms. The highest BCUT2D eigenvalue weighted by Crippen LogP contribution is 2.24. The largest absolute Gasteiger partial charge is 0.480 e. The van der Waals surface area contributed by atoms with Gasteiger partial charge in [-0.3, -0.25) is 4.79 Å². The van der Waals surface area contributed by atoms with Crippen LogP contribution in [0.2, 0.25) is 0 Å². The van der Waals surface area contributed by atoms with Gasteiger partial charge < -0.3 is 10.4 Å². The lowest BCUT2D eigenvalue weighted by molar-refractivity contribution is -0.139. The topological polar surface area (TPSA) is 49.3 Å². The lowest BCUT2D eigenvalue weighted by atomic mass is 10.2. The van der Waals surface area contributed by atoms with Crippen LogP contribution in [0.1, 0.15) is 24.5 Å². The molecule has 0 bridgehead atoms. The number of carbonyl (C=O) groups is 1. The van der Waals surface area contributed by atoms with Crippen LogP contribution in [0.5, 0.6) is 0 Å². The Hall–Kier alpha value is -1.00. The van der Waals surface area contributed by atoms with E-state index in [-0.39, 0.29) is 0 Å². The highest BCUT2D eigenvalue weighted by molar-refractivity contribution is 7.99. The number of hydrogen-bond acceptors (Lipinski definition) is 3. The fraction of sp³-hybridized carbons (Fsp3) is 0.500. The summed E-state index contributed by atoms with van der Waals surface area (Å²) in [5.41, 5.74) is 2.52. The van der Waals surface area contributed by atoms with Gasteiger partial charge in [-0.15, -0.1) is 11.8 Å². The molecule has 3 nitrogen and oxygen atoms in total. The molecule has 1 atom stereocenters. The van der Waals surface area contributed by atoms with Gasteiger partial charge in [-0.25, -0.2) is 0 Å². The number of benzene rings is 1. The molecular weight excluding hydrogens is 246 g/mol. The van der Waals surface area contributed by atoms with Crippen LogP contribution in [-0.4, -0.2) is 29.4 Å². The first-order chi connectivity index (χ1) is 8.54. The predicted molar refractivity (Wildman–Crippen MR) is 76.4 cm³/mol. The monoisotopic (exact) mass is 267 g/mol. The fourth-order valence-electron chi connectivity index (χ4n) is 1.81. The van der Waals surface area contributed by atoms with E-state index in [0.717, 1.165) is 5.75 Å². The third-order valence-electron chi connectivity index (χ3n) is 2.74. The van der Waals surface area contributed by atoms with Gasteiger partial charge >= 0.3 is 5.97 Å². The molecule has 0 aromatic heterocycles. The van der Waals surface area contributed by atoms with Gasteiger partial charge in [0.05, 0.1) is 0 Å². The Balaban J connectivity index is 2.47. The third kappa shape index (κ3) is 4.70. The summed E-state index contributed by atoms with van der Waals surface area (Å²) in [7, 11) is 0. The van der Waals surface area contributed by atoms with Gasteiger partial charge in [0.15, 0.2) is 0 Å². The molecule has 0 aliphatic heterocycles. The van der Waals surface area contributed by atoms with Gasteiger partial charge in [-0.2, -0.15) is 0 Å². The average molecular weight is 267 g/mol. The summed E-state index contributed by atoms with van der Waals surface area (Å²) >= 11 is 1.72. The number of thioether (sulfide) groups is 1. The Labute approximate surface area is 113 Å². The van der Waals surface area contributed by atoms with Crippen molar-refractivity contribution >= 4 is 17.7 Å². The van der Waals surface area contributed by atoms with E-state index < -0.39 is 12.0 Å². The van der Waals surface area contributed by atoms with E-state index in [0.29, 0.717) is 13.0 Å². The van der Waals surface area contributed by atoms with Crippen molar-refractivity contribution in [1.29, 1.82) is 0 Å². The minimum atomic E-state index is -0.766. The van der Waals surface area contributed by atoms with Crippen molar-refractivity contribution < 1.29 is 9.90 Å². The first kappa shape index (κ1) is 15.1. The minimum Gasteiger partial charge on any atom is -0.480 e. The van der Waals surface area contributed by atoms with Crippen molar-refractivity contribution in [3.8, 4) is 0 Å². The molecule has 100 valence electrons. The van der Waals surface area contributed by atoms with E-state index in [9.17, 15) is 4.79 Å². The van der Waals surface area contributed by atoms with Crippen LogP contribution < -0.4 is 5.32 Å². The molecule has 1 aromatic carbocycles. The Kier molecular flexibility index (Phi) is 6.22. The summed E-state index contributed by atoms with van der Waals surface area (Å²) in [6.07, 6.45) is 0.640. The molecule has 0 aliphatic carbocycles. The Morgan fingerprint density at radius 1 is 1.44 bits per heavy atom. The molecule has 0 aliphatic rings. The second-order valence-electron chi connectivity index (χ2n) is 4.35. The molecule has 0 radical (unpaired) electrons. The fourth-order valence-corrected chi connectivity index (χ4v) is 2.83. The van der Waals surface area contributed by atoms with E-state index >= 15 is 0 Å². The van der Waals surface area contributed by atoms with Crippen LogP contribution in [0.25, 0.3) is 0 Å². The zero-order valence-electron chi connectivity index (χ0n) is 11.2. The number of carboxylic acid groups (broad SMARTS) is 1. The van der Waals surface area contributed by atoms with Crippen molar-refractivity contribution in [3.05, 3.63) is 29.3 Å². The normalized spacial score (nSPS) is 12.4. The van der Waals surface area contributed by atoms with Gasteiger partial charge in [0.2, 0.25) is 0 Å². The van der Waals surface area contributed by atoms with Crippen LogP contribution in [0.15, 0.2) is 23.1 Å². The molecule has 4 heteroatoms. The molecule has 1 rings (SSSR count). The quantitative estimate of drug-likeness (QED) is 0.746. The van der Waals surface area contributed by atoms with Gasteiger partial charge in [-0.05, 0) is 38.4 Å². The summed E-state index contributed by atoms with van der Waals surface area (Å²) in [4.78, 5) is 12.2. The second-order valence-corrected chi connectivity index (χ2v) is 5.49. The van der Waals surface area contributed by atoms with Gasteiger partial charge in [0.1, 0.15) is 6.04 Å². The number of nitrogens with one attached hydrogen (secondary N) is 1. The molecule has 0 heterocycles. The summed E-state index contributed by atoms with van der Waals surface area (Å²) in [5.74, 6) is 0.0477. The zero-order chi connectivity index (χ0) is 13.5. The van der Waals surface area contributed by atoms with Crippen LogP contribution in [-0.2, 0) is 4.79 Å². The Morgan fingerprint density at radius 3 is 2.72 bits per heavy atom. The number of aliphatic carboxylic acids is 1. The number of aryl methyl sites for hydroxylation is 2. The molecule has 2 N–H and O–H groups in total. The minimum absolute atomic E-state index is 0.437. The van der Waals surface area contributed by atoms with E-state index in [1.807, 2.05) is 6.92 Å². The molecular formula is C14H21NO2S. The predicted octanol–water partition coefficient (Wildman–Crippen LogP) is 2.85. The van der Waals surface area contributed by atoms with E-state index in [2.05, 4.69) is 37.4 Å². The first-order valence-corrected chi connectivity index (χ1v) is 7.19. The van der Waals surface area contributed by atoms with E-state index in [1.54, 1.807) is 11.8 Å². The lowest BCUT2D eigenvalue weighted by Crippen LogP contribution is -2.36. The lowest BCUT2D eigenvalue weighted by Gasteiger charge is -2.13. The van der Waals surface area contributed by atoms with Crippen LogP contribution in [0.4, 0.5) is 0 Å². The number of carboxylic acids is 1. The van der Waals surface area contributed by atoms with E-state index in [4.69, 9.17) is 5.11 Å². The Bertz CT molecular complexity index is 407. The van der Waals surface area contributed by atoms with Gasteiger partial charge in [0, 0.05) is 10.6 Å². The number of likely N-dealkylation sites (N-methyl/N-ethyl adjacent to an activating group) is 1. The maximum Gasteiger partial charge on any atom is 0.320 e. The van der Waals surface area contributed by atoms with Gasteiger partial charge in [-0.1, -0.05) is 24.6 Å². The van der Waals surface area contributed by atoms with Crippen LogP contribution in [0, 0.1) is 13.8 Å². The SMILES string of the molecule is CCNC(CCSc1ccc(C)cc1C)C(=O)O. The summed E-state index contributed by atoms with van der Waals surface area (Å²) in [5, 5.41) is 12.0. The third-order valence-corrected chi connectivity index (χ3v) is 3.95. The van der Waals surface area contributed by atoms with Crippen LogP contribution >= 0.6 is 11.8 Å². The maximum absolute atomic E-state index is 11.0. The summed E-state index contributed by atoms with van der Waals surface area (Å²) in [6.45, 7) is 6.78. The highest BCUT2D eigenvalue weighted by atomic mass is 32.2. The molecule has 1 aromatic rings. The van der Waals surface area contributed by atoms with E-state index in [1.165, 1.54) is 16.0 Å². The molecule has 0 amide bonds. The molecule has 18 heavy (non-hydrogen) atoms. The highest BCUT2D eigenvalue weighted by Gasteiger charge is 2.15. The van der Waals surface area contributed by atoms with Crippen molar-refractivity contribution in [2.45, 2.75) is 38.1 Å². The molecule has 0 saturated heterocycles. The van der Waals surface area contributed by atoms with Crippen molar-refractivity contribution in [2.75, 3.05) is 12.3 Å². The Morgan fingerprint density at radius 2 is 2.17 bits per heavy atom. The van der Waals surface area contributed by atoms with Crippen molar-refractivity contribution in [3.63, 3.8) is 0 Å². The number of rotatable bonds is 7. The first-order valence-electron chi connectivity index (χ1n) is 6.20. The van der Waals surface area contributed by atoms with Gasteiger partial charge in [0.25, 0.3) is 0 Å². The number of hydrogen-bond donors (Lipinski definition) is 2. The average Bonchev–Trinajstić information content (AvgIpc) is 2.30. The van der Waals surface area contributed by atoms with Crippen molar-refractivity contribution in [1.82, 2.24) is 5.32 Å². The zero-order valence-corrected chi connectivity index (χ0v) is 12.0. The molecule has 0 saturated carbocycles. The summed E-state index contributed by atoms with van der Waals surface area (Å²) in [6, 6.07) is 5.92.